The molecule has 1 aliphatic heterocycles. The van der Waals surface area contributed by atoms with Crippen LogP contribution in [0, 0.1) is 0 Å². The molecule has 0 bridgehead atoms. The standard InChI is InChI=1S/C13H27N3O/c1-3-6-11-7-4-5-9-16(11)10-8-13(2,15)12(14)17/h11H,3-10,15H2,1-2H3,(H2,14,17). The van der Waals surface area contributed by atoms with Crippen molar-refractivity contribution in [2.24, 2.45) is 11.5 Å². The molecule has 0 aliphatic carbocycles. The van der Waals surface area contributed by atoms with Gasteiger partial charge in [-0.2, -0.15) is 0 Å². The van der Waals surface area contributed by atoms with Crippen molar-refractivity contribution in [2.75, 3.05) is 13.1 Å². The summed E-state index contributed by atoms with van der Waals surface area (Å²) >= 11 is 0. The maximum absolute atomic E-state index is 11.2. The largest absolute Gasteiger partial charge is 0.368 e. The first kappa shape index (κ1) is 14.5. The van der Waals surface area contributed by atoms with Crippen LogP contribution in [-0.4, -0.2) is 35.5 Å². The smallest absolute Gasteiger partial charge is 0.237 e. The fourth-order valence-corrected chi connectivity index (χ4v) is 2.51. The Morgan fingerprint density at radius 1 is 1.47 bits per heavy atom. The third kappa shape index (κ3) is 4.28. The van der Waals surface area contributed by atoms with Crippen LogP contribution in [0.25, 0.3) is 0 Å². The Morgan fingerprint density at radius 3 is 2.76 bits per heavy atom. The number of carbonyl (C=O) groups is 1. The molecule has 0 spiro atoms. The Labute approximate surface area is 105 Å². The van der Waals surface area contributed by atoms with Gasteiger partial charge in [-0.05, 0) is 39.2 Å². The summed E-state index contributed by atoms with van der Waals surface area (Å²) in [6, 6.07) is 0.678. The number of likely N-dealkylation sites (tertiary alicyclic amines) is 1. The van der Waals surface area contributed by atoms with Gasteiger partial charge in [0, 0.05) is 12.6 Å². The van der Waals surface area contributed by atoms with Crippen LogP contribution in [0.3, 0.4) is 0 Å². The SMILES string of the molecule is CCCC1CCCCN1CCC(C)(N)C(N)=O. The molecule has 4 heteroatoms. The van der Waals surface area contributed by atoms with Crippen molar-refractivity contribution < 1.29 is 4.79 Å². The molecule has 2 atom stereocenters. The average Bonchev–Trinajstić information content (AvgIpc) is 2.28. The van der Waals surface area contributed by atoms with Gasteiger partial charge in [0.1, 0.15) is 0 Å². The number of primary amides is 1. The van der Waals surface area contributed by atoms with Gasteiger partial charge in [0.05, 0.1) is 5.54 Å². The highest BCUT2D eigenvalue weighted by Gasteiger charge is 2.28. The molecule has 100 valence electrons. The monoisotopic (exact) mass is 241 g/mol. The summed E-state index contributed by atoms with van der Waals surface area (Å²) in [5, 5.41) is 0. The molecule has 2 unspecified atom stereocenters. The lowest BCUT2D eigenvalue weighted by molar-refractivity contribution is -0.123. The minimum Gasteiger partial charge on any atom is -0.368 e. The minimum atomic E-state index is -0.867. The van der Waals surface area contributed by atoms with E-state index in [1.807, 2.05) is 0 Å². The molecule has 1 aliphatic rings. The van der Waals surface area contributed by atoms with Crippen LogP contribution in [0.5, 0.6) is 0 Å². The topological polar surface area (TPSA) is 72.3 Å². The van der Waals surface area contributed by atoms with Gasteiger partial charge in [-0.15, -0.1) is 0 Å². The van der Waals surface area contributed by atoms with Crippen LogP contribution in [0.15, 0.2) is 0 Å². The van der Waals surface area contributed by atoms with E-state index in [1.54, 1.807) is 6.92 Å². The quantitative estimate of drug-likeness (QED) is 0.734. The van der Waals surface area contributed by atoms with Gasteiger partial charge >= 0.3 is 0 Å². The van der Waals surface area contributed by atoms with E-state index in [9.17, 15) is 4.79 Å². The van der Waals surface area contributed by atoms with Crippen molar-refractivity contribution in [3.05, 3.63) is 0 Å². The molecule has 1 rings (SSSR count). The van der Waals surface area contributed by atoms with Crippen molar-refractivity contribution in [3.63, 3.8) is 0 Å². The second-order valence-corrected chi connectivity index (χ2v) is 5.51. The highest BCUT2D eigenvalue weighted by molar-refractivity contribution is 5.83. The second kappa shape index (κ2) is 6.36. The van der Waals surface area contributed by atoms with Crippen molar-refractivity contribution in [2.45, 2.75) is 64.0 Å². The molecular weight excluding hydrogens is 214 g/mol. The average molecular weight is 241 g/mol. The number of nitrogens with zero attached hydrogens (tertiary/aromatic N) is 1. The molecule has 0 aromatic carbocycles. The summed E-state index contributed by atoms with van der Waals surface area (Å²) in [4.78, 5) is 13.7. The first-order chi connectivity index (χ1) is 7.97. The van der Waals surface area contributed by atoms with Crippen molar-refractivity contribution in [1.82, 2.24) is 4.90 Å². The van der Waals surface area contributed by atoms with Crippen LogP contribution in [0.1, 0.15) is 52.4 Å². The fourth-order valence-electron chi connectivity index (χ4n) is 2.51. The van der Waals surface area contributed by atoms with Crippen molar-refractivity contribution >= 4 is 5.91 Å². The van der Waals surface area contributed by atoms with Gasteiger partial charge in [-0.25, -0.2) is 0 Å². The molecule has 0 aromatic heterocycles. The molecule has 0 aromatic rings. The highest BCUT2D eigenvalue weighted by Crippen LogP contribution is 2.22. The summed E-state index contributed by atoms with van der Waals surface area (Å²) in [5.41, 5.74) is 10.3. The van der Waals surface area contributed by atoms with Gasteiger partial charge in [0.25, 0.3) is 0 Å². The molecule has 0 saturated carbocycles. The zero-order chi connectivity index (χ0) is 12.9. The Hall–Kier alpha value is -0.610. The maximum atomic E-state index is 11.2. The number of hydrogen-bond acceptors (Lipinski definition) is 3. The number of rotatable bonds is 6. The van der Waals surface area contributed by atoms with Gasteiger partial charge in [-0.1, -0.05) is 19.8 Å². The predicted molar refractivity (Wildman–Crippen MR) is 70.5 cm³/mol. The fraction of sp³-hybridized carbons (Fsp3) is 0.923. The van der Waals surface area contributed by atoms with E-state index in [0.29, 0.717) is 12.5 Å². The van der Waals surface area contributed by atoms with E-state index in [4.69, 9.17) is 11.5 Å². The van der Waals surface area contributed by atoms with Crippen LogP contribution >= 0.6 is 0 Å². The van der Waals surface area contributed by atoms with Gasteiger partial charge in [0.15, 0.2) is 0 Å². The number of piperidine rings is 1. The number of hydrogen-bond donors (Lipinski definition) is 2. The third-order valence-electron chi connectivity index (χ3n) is 3.85. The summed E-state index contributed by atoms with van der Waals surface area (Å²) < 4.78 is 0. The van der Waals surface area contributed by atoms with Gasteiger partial charge in [0.2, 0.25) is 5.91 Å². The first-order valence-electron chi connectivity index (χ1n) is 6.80. The number of amides is 1. The Morgan fingerprint density at radius 2 is 2.18 bits per heavy atom. The van der Waals surface area contributed by atoms with E-state index < -0.39 is 11.4 Å². The van der Waals surface area contributed by atoms with Gasteiger partial charge in [-0.3, -0.25) is 4.79 Å². The van der Waals surface area contributed by atoms with E-state index in [1.165, 1.54) is 32.1 Å². The Bertz CT molecular complexity index is 251. The highest BCUT2D eigenvalue weighted by atomic mass is 16.1. The lowest BCUT2D eigenvalue weighted by Crippen LogP contribution is -2.52. The predicted octanol–water partition coefficient (Wildman–Crippen LogP) is 1.23. The molecular formula is C13H27N3O. The maximum Gasteiger partial charge on any atom is 0.237 e. The van der Waals surface area contributed by atoms with Crippen LogP contribution in [-0.2, 0) is 4.79 Å². The molecule has 4 nitrogen and oxygen atoms in total. The molecule has 1 fully saturated rings. The summed E-state index contributed by atoms with van der Waals surface area (Å²) in [5.74, 6) is -0.401. The molecule has 1 heterocycles. The Balaban J connectivity index is 2.45. The normalized spacial score (nSPS) is 25.5. The van der Waals surface area contributed by atoms with E-state index in [0.717, 1.165) is 13.1 Å². The Kier molecular flexibility index (Phi) is 5.40. The zero-order valence-electron chi connectivity index (χ0n) is 11.2. The first-order valence-corrected chi connectivity index (χ1v) is 6.80. The summed E-state index contributed by atoms with van der Waals surface area (Å²) in [7, 11) is 0. The van der Waals surface area contributed by atoms with Crippen LogP contribution in [0.4, 0.5) is 0 Å². The second-order valence-electron chi connectivity index (χ2n) is 5.51. The van der Waals surface area contributed by atoms with Crippen LogP contribution in [0.2, 0.25) is 0 Å². The van der Waals surface area contributed by atoms with E-state index in [-0.39, 0.29) is 0 Å². The molecule has 1 saturated heterocycles. The number of carbonyl (C=O) groups excluding carboxylic acids is 1. The lowest BCUT2D eigenvalue weighted by atomic mass is 9.94. The molecule has 17 heavy (non-hydrogen) atoms. The summed E-state index contributed by atoms with van der Waals surface area (Å²) in [6.07, 6.45) is 7.00. The molecule has 1 amide bonds. The van der Waals surface area contributed by atoms with Crippen LogP contribution < -0.4 is 11.5 Å². The summed E-state index contributed by atoms with van der Waals surface area (Å²) in [6.45, 7) is 5.98. The van der Waals surface area contributed by atoms with E-state index in [2.05, 4.69) is 11.8 Å². The van der Waals surface area contributed by atoms with Crippen molar-refractivity contribution in [3.8, 4) is 0 Å². The third-order valence-corrected chi connectivity index (χ3v) is 3.85. The van der Waals surface area contributed by atoms with E-state index >= 15 is 0 Å². The molecule has 0 radical (unpaired) electrons. The van der Waals surface area contributed by atoms with Gasteiger partial charge < -0.3 is 16.4 Å². The number of nitrogens with two attached hydrogens (primary N) is 2. The lowest BCUT2D eigenvalue weighted by Gasteiger charge is -2.37. The van der Waals surface area contributed by atoms with Crippen molar-refractivity contribution in [1.29, 1.82) is 0 Å². The minimum absolute atomic E-state index is 0.401. The zero-order valence-corrected chi connectivity index (χ0v) is 11.2. The molecule has 4 N–H and O–H groups in total.